The van der Waals surface area contributed by atoms with E-state index < -0.39 is 35.4 Å². The highest BCUT2D eigenvalue weighted by Gasteiger charge is 2.45. The van der Waals surface area contributed by atoms with E-state index in [2.05, 4.69) is 20.6 Å². The van der Waals surface area contributed by atoms with Crippen molar-refractivity contribution in [2.45, 2.75) is 83.5 Å². The van der Waals surface area contributed by atoms with Gasteiger partial charge in [-0.3, -0.25) is 9.59 Å². The summed E-state index contributed by atoms with van der Waals surface area (Å²) in [7, 11) is 0. The largest absolute Gasteiger partial charge is 0.391 e. The SMILES string of the molecule is CC(F)(F)c1cccc(CNC(=O)C2CC(O)CN2C(=O)[C@@H](n2cc(C3CC3)nn2)C(C)(C)C)n1. The number of hydrogen-bond donors (Lipinski definition) is 2. The van der Waals surface area contributed by atoms with Crippen molar-refractivity contribution in [2.75, 3.05) is 6.54 Å². The zero-order valence-electron chi connectivity index (χ0n) is 20.4. The summed E-state index contributed by atoms with van der Waals surface area (Å²) < 4.78 is 28.7. The molecule has 2 aromatic heterocycles. The van der Waals surface area contributed by atoms with Crippen LogP contribution in [0.1, 0.15) is 76.0 Å². The Morgan fingerprint density at radius 2 is 1.94 bits per heavy atom. The first kappa shape index (κ1) is 25.2. The maximum Gasteiger partial charge on any atom is 0.286 e. The van der Waals surface area contributed by atoms with Crippen molar-refractivity contribution in [2.24, 2.45) is 5.41 Å². The predicted molar refractivity (Wildman–Crippen MR) is 122 cm³/mol. The fraction of sp³-hybridized carbons (Fsp3) is 0.625. The molecule has 2 aliphatic rings. The predicted octanol–water partition coefficient (Wildman–Crippen LogP) is 2.53. The van der Waals surface area contributed by atoms with Gasteiger partial charge in [0.1, 0.15) is 17.8 Å². The van der Waals surface area contributed by atoms with E-state index in [9.17, 15) is 23.5 Å². The number of likely N-dealkylation sites (tertiary alicyclic amines) is 1. The molecule has 1 saturated heterocycles. The Bertz CT molecular complexity index is 1090. The second kappa shape index (κ2) is 9.25. The van der Waals surface area contributed by atoms with E-state index >= 15 is 0 Å². The van der Waals surface area contributed by atoms with Crippen LogP contribution in [0.25, 0.3) is 0 Å². The molecule has 0 spiro atoms. The Balaban J connectivity index is 1.50. The third-order valence-corrected chi connectivity index (χ3v) is 6.41. The van der Waals surface area contributed by atoms with Gasteiger partial charge >= 0.3 is 0 Å². The summed E-state index contributed by atoms with van der Waals surface area (Å²) in [6.45, 7) is 6.44. The van der Waals surface area contributed by atoms with Gasteiger partial charge in [0.15, 0.2) is 0 Å². The monoisotopic (exact) mass is 490 g/mol. The van der Waals surface area contributed by atoms with E-state index in [1.54, 1.807) is 16.9 Å². The number of carbonyl (C=O) groups excluding carboxylic acids is 2. The summed E-state index contributed by atoms with van der Waals surface area (Å²) in [5.74, 6) is -3.52. The summed E-state index contributed by atoms with van der Waals surface area (Å²) >= 11 is 0. The number of rotatable bonds is 7. The number of pyridine rings is 1. The van der Waals surface area contributed by atoms with Crippen molar-refractivity contribution in [1.29, 1.82) is 0 Å². The molecule has 2 amide bonds. The van der Waals surface area contributed by atoms with Gasteiger partial charge in [-0.05, 0) is 30.4 Å². The molecule has 3 heterocycles. The highest BCUT2D eigenvalue weighted by molar-refractivity contribution is 5.90. The van der Waals surface area contributed by atoms with E-state index in [0.717, 1.165) is 25.5 Å². The van der Waals surface area contributed by atoms with Gasteiger partial charge in [-0.25, -0.2) is 9.67 Å². The molecule has 1 aliphatic heterocycles. The van der Waals surface area contributed by atoms with Crippen LogP contribution in [0.15, 0.2) is 24.4 Å². The Morgan fingerprint density at radius 1 is 1.23 bits per heavy atom. The molecular formula is C24H32F2N6O3. The normalized spacial score (nSPS) is 21.7. The standard InChI is InChI=1S/C24H32F2N6O3/c1-23(2,3)20(32-13-17(29-30-32)14-8-9-14)22(35)31-12-16(33)10-18(31)21(34)27-11-15-6-5-7-19(28-15)24(4,25)26/h5-7,13-14,16,18,20,33H,8-12H2,1-4H3,(H,27,34)/t16?,18?,20-/m1/s1. The molecule has 0 aromatic carbocycles. The van der Waals surface area contributed by atoms with Crippen molar-refractivity contribution in [1.82, 2.24) is 30.2 Å². The van der Waals surface area contributed by atoms with Crippen molar-refractivity contribution < 1.29 is 23.5 Å². The number of alkyl halides is 2. The summed E-state index contributed by atoms with van der Waals surface area (Å²) in [6.07, 6.45) is 3.14. The molecule has 11 heteroatoms. The number of halogens is 2. The lowest BCUT2D eigenvalue weighted by atomic mass is 9.85. The lowest BCUT2D eigenvalue weighted by Crippen LogP contribution is -2.50. The van der Waals surface area contributed by atoms with Gasteiger partial charge in [0, 0.05) is 32.0 Å². The molecule has 35 heavy (non-hydrogen) atoms. The van der Waals surface area contributed by atoms with Gasteiger partial charge in [-0.2, -0.15) is 8.78 Å². The number of aromatic nitrogens is 4. The molecule has 2 aromatic rings. The summed E-state index contributed by atoms with van der Waals surface area (Å²) in [5.41, 5.74) is 0.214. The zero-order valence-corrected chi connectivity index (χ0v) is 20.4. The van der Waals surface area contributed by atoms with Crippen LogP contribution < -0.4 is 5.32 Å². The van der Waals surface area contributed by atoms with E-state index in [0.29, 0.717) is 5.92 Å². The van der Waals surface area contributed by atoms with E-state index in [1.165, 1.54) is 17.0 Å². The minimum absolute atomic E-state index is 0.0173. The molecule has 4 rings (SSSR count). The van der Waals surface area contributed by atoms with Gasteiger partial charge < -0.3 is 15.3 Å². The Kier molecular flexibility index (Phi) is 6.65. The lowest BCUT2D eigenvalue weighted by molar-refractivity contribution is -0.144. The molecule has 9 nitrogen and oxygen atoms in total. The second-order valence-corrected chi connectivity index (χ2v) is 10.7. The van der Waals surface area contributed by atoms with Gasteiger partial charge in [0.2, 0.25) is 11.8 Å². The van der Waals surface area contributed by atoms with Crippen LogP contribution in [0.4, 0.5) is 8.78 Å². The average molecular weight is 491 g/mol. The van der Waals surface area contributed by atoms with E-state index in [-0.39, 0.29) is 36.8 Å². The first-order valence-corrected chi connectivity index (χ1v) is 11.9. The highest BCUT2D eigenvalue weighted by Crippen LogP contribution is 2.40. The van der Waals surface area contributed by atoms with Crippen LogP contribution in [0.2, 0.25) is 0 Å². The molecule has 1 aliphatic carbocycles. The smallest absolute Gasteiger partial charge is 0.286 e. The zero-order chi connectivity index (χ0) is 25.5. The molecular weight excluding hydrogens is 458 g/mol. The van der Waals surface area contributed by atoms with Gasteiger partial charge in [-0.15, -0.1) is 5.10 Å². The lowest BCUT2D eigenvalue weighted by Gasteiger charge is -2.34. The number of nitrogens with zero attached hydrogens (tertiary/aromatic N) is 5. The number of nitrogens with one attached hydrogen (secondary N) is 1. The Morgan fingerprint density at radius 3 is 2.57 bits per heavy atom. The number of amides is 2. The highest BCUT2D eigenvalue weighted by atomic mass is 19.3. The first-order valence-electron chi connectivity index (χ1n) is 11.9. The average Bonchev–Trinajstić information content (AvgIpc) is 3.38. The van der Waals surface area contributed by atoms with Crippen molar-refractivity contribution in [3.63, 3.8) is 0 Å². The van der Waals surface area contributed by atoms with Crippen LogP contribution in [0, 0.1) is 5.41 Å². The van der Waals surface area contributed by atoms with Crippen LogP contribution in [0.3, 0.4) is 0 Å². The minimum Gasteiger partial charge on any atom is -0.391 e. The van der Waals surface area contributed by atoms with Crippen LogP contribution in [-0.2, 0) is 22.1 Å². The van der Waals surface area contributed by atoms with Gasteiger partial charge in [0.05, 0.1) is 24.0 Å². The Hall–Kier alpha value is -2.95. The topological polar surface area (TPSA) is 113 Å². The summed E-state index contributed by atoms with van der Waals surface area (Å²) in [5, 5.41) is 21.4. The van der Waals surface area contributed by atoms with Crippen molar-refractivity contribution in [3.8, 4) is 0 Å². The number of β-amino-alcohol motifs (C(OH)–C–C–N with tert-alkyl or cyclic N) is 1. The fourth-order valence-corrected chi connectivity index (χ4v) is 4.44. The second-order valence-electron chi connectivity index (χ2n) is 10.7. The summed E-state index contributed by atoms with van der Waals surface area (Å²) in [4.78, 5) is 32.1. The molecule has 2 unspecified atom stereocenters. The molecule has 2 fully saturated rings. The van der Waals surface area contributed by atoms with Crippen molar-refractivity contribution >= 4 is 11.8 Å². The quantitative estimate of drug-likeness (QED) is 0.617. The van der Waals surface area contributed by atoms with Gasteiger partial charge in [0.25, 0.3) is 5.92 Å². The minimum atomic E-state index is -3.10. The number of hydrogen-bond acceptors (Lipinski definition) is 6. The fourth-order valence-electron chi connectivity index (χ4n) is 4.44. The molecule has 1 saturated carbocycles. The first-order chi connectivity index (χ1) is 16.3. The molecule has 0 bridgehead atoms. The van der Waals surface area contributed by atoms with Gasteiger partial charge in [-0.1, -0.05) is 32.1 Å². The van der Waals surface area contributed by atoms with Crippen LogP contribution in [-0.4, -0.2) is 60.5 Å². The number of carbonyl (C=O) groups is 2. The van der Waals surface area contributed by atoms with Crippen LogP contribution in [0.5, 0.6) is 0 Å². The number of aliphatic hydroxyl groups excluding tert-OH is 1. The summed E-state index contributed by atoms with van der Waals surface area (Å²) in [6, 6.07) is 2.61. The van der Waals surface area contributed by atoms with Crippen molar-refractivity contribution in [3.05, 3.63) is 41.5 Å². The number of aliphatic hydroxyl groups is 1. The third-order valence-electron chi connectivity index (χ3n) is 6.41. The molecule has 3 atom stereocenters. The Labute approximate surface area is 202 Å². The molecule has 2 N–H and O–H groups in total. The maximum absolute atomic E-state index is 13.7. The molecule has 190 valence electrons. The van der Waals surface area contributed by atoms with E-state index in [1.807, 2.05) is 20.8 Å². The maximum atomic E-state index is 13.7. The molecule has 0 radical (unpaired) electrons. The van der Waals surface area contributed by atoms with Crippen LogP contribution >= 0.6 is 0 Å². The third kappa shape index (κ3) is 5.66. The van der Waals surface area contributed by atoms with E-state index in [4.69, 9.17) is 0 Å².